The van der Waals surface area contributed by atoms with E-state index in [-0.39, 0.29) is 0 Å². The zero-order valence-electron chi connectivity index (χ0n) is 12.4. The van der Waals surface area contributed by atoms with Gasteiger partial charge in [0.1, 0.15) is 5.82 Å². The van der Waals surface area contributed by atoms with Gasteiger partial charge in [0.2, 0.25) is 0 Å². The van der Waals surface area contributed by atoms with Crippen LogP contribution < -0.4 is 5.32 Å². The molecule has 0 aliphatic rings. The Balaban J connectivity index is 2.72. The lowest BCUT2D eigenvalue weighted by Gasteiger charge is -2.26. The van der Waals surface area contributed by atoms with Crippen LogP contribution in [-0.2, 0) is 13.0 Å². The number of hydrogen-bond donors (Lipinski definition) is 1. The molecule has 0 saturated heterocycles. The first-order chi connectivity index (χ1) is 8.76. The van der Waals surface area contributed by atoms with Crippen LogP contribution in [0.1, 0.15) is 52.8 Å². The number of likely N-dealkylation sites (N-methyl/N-ethyl adjacent to an activating group) is 1. The molecule has 1 atom stereocenters. The van der Waals surface area contributed by atoms with Crippen molar-refractivity contribution >= 4 is 0 Å². The number of aryl methyl sites for hydroxylation is 1. The van der Waals surface area contributed by atoms with Gasteiger partial charge >= 0.3 is 0 Å². The maximum Gasteiger partial charge on any atom is 0.110 e. The van der Waals surface area contributed by atoms with Crippen LogP contribution in [0.3, 0.4) is 0 Å². The minimum Gasteiger partial charge on any atom is -0.335 e. The Labute approximate surface area is 112 Å². The number of aromatic nitrogens is 2. The number of nitrogens with zero attached hydrogens (tertiary/aromatic N) is 2. The van der Waals surface area contributed by atoms with Crippen molar-refractivity contribution < 1.29 is 0 Å². The van der Waals surface area contributed by atoms with Crippen molar-refractivity contribution in [2.45, 2.75) is 66.0 Å². The summed E-state index contributed by atoms with van der Waals surface area (Å²) in [4.78, 5) is 4.53. The molecule has 0 aliphatic heterocycles. The number of imidazole rings is 1. The topological polar surface area (TPSA) is 29.9 Å². The summed E-state index contributed by atoms with van der Waals surface area (Å²) in [7, 11) is 0. The van der Waals surface area contributed by atoms with Gasteiger partial charge in [-0.15, -0.1) is 0 Å². The van der Waals surface area contributed by atoms with Gasteiger partial charge in [0.25, 0.3) is 0 Å². The molecule has 1 aromatic heterocycles. The van der Waals surface area contributed by atoms with E-state index in [4.69, 9.17) is 0 Å². The second-order valence-electron chi connectivity index (χ2n) is 4.98. The molecule has 0 bridgehead atoms. The third kappa shape index (κ3) is 4.13. The second-order valence-corrected chi connectivity index (χ2v) is 4.98. The van der Waals surface area contributed by atoms with Crippen LogP contribution in [0.4, 0.5) is 0 Å². The summed E-state index contributed by atoms with van der Waals surface area (Å²) in [5.41, 5.74) is 0. The van der Waals surface area contributed by atoms with Gasteiger partial charge in [-0.25, -0.2) is 4.98 Å². The van der Waals surface area contributed by atoms with Gasteiger partial charge in [-0.1, -0.05) is 40.5 Å². The molecule has 104 valence electrons. The van der Waals surface area contributed by atoms with Crippen molar-refractivity contribution in [3.8, 4) is 0 Å². The van der Waals surface area contributed by atoms with Crippen molar-refractivity contribution in [1.29, 1.82) is 0 Å². The average molecular weight is 251 g/mol. The minimum absolute atomic E-state index is 0.558. The van der Waals surface area contributed by atoms with Crippen LogP contribution >= 0.6 is 0 Å². The number of rotatable bonds is 9. The van der Waals surface area contributed by atoms with E-state index in [9.17, 15) is 0 Å². The molecule has 1 rings (SSSR count). The Morgan fingerprint density at radius 1 is 1.22 bits per heavy atom. The molecule has 0 radical (unpaired) electrons. The maximum absolute atomic E-state index is 4.53. The van der Waals surface area contributed by atoms with Crippen LogP contribution in [0, 0.1) is 5.92 Å². The zero-order chi connectivity index (χ0) is 13.4. The molecule has 0 fully saturated rings. The largest absolute Gasteiger partial charge is 0.335 e. The van der Waals surface area contributed by atoms with Gasteiger partial charge in [-0.2, -0.15) is 0 Å². The van der Waals surface area contributed by atoms with E-state index >= 15 is 0 Å². The average Bonchev–Trinajstić information content (AvgIpc) is 2.79. The van der Waals surface area contributed by atoms with Crippen LogP contribution in [0.5, 0.6) is 0 Å². The van der Waals surface area contributed by atoms with E-state index in [0.717, 1.165) is 25.4 Å². The predicted octanol–water partition coefficient (Wildman–Crippen LogP) is 3.25. The third-order valence-electron chi connectivity index (χ3n) is 3.75. The van der Waals surface area contributed by atoms with Gasteiger partial charge in [0.15, 0.2) is 0 Å². The highest BCUT2D eigenvalue weighted by molar-refractivity contribution is 4.97. The van der Waals surface area contributed by atoms with Crippen molar-refractivity contribution in [3.63, 3.8) is 0 Å². The monoisotopic (exact) mass is 251 g/mol. The Bertz CT molecular complexity index is 315. The SMILES string of the molecule is CCCn1ccnc1CC(NCC)C(CC)CC. The Hall–Kier alpha value is -0.830. The lowest BCUT2D eigenvalue weighted by molar-refractivity contribution is 0.329. The first kappa shape index (κ1) is 15.2. The molecule has 3 heteroatoms. The molecule has 0 amide bonds. The van der Waals surface area contributed by atoms with E-state index in [0.29, 0.717) is 6.04 Å². The van der Waals surface area contributed by atoms with Crippen LogP contribution in [0.2, 0.25) is 0 Å². The molecule has 3 nitrogen and oxygen atoms in total. The second kappa shape index (κ2) is 8.30. The Kier molecular flexibility index (Phi) is 7.02. The summed E-state index contributed by atoms with van der Waals surface area (Å²) in [6, 6.07) is 0.558. The number of nitrogens with one attached hydrogen (secondary N) is 1. The minimum atomic E-state index is 0.558. The van der Waals surface area contributed by atoms with Gasteiger partial charge < -0.3 is 9.88 Å². The number of hydrogen-bond acceptors (Lipinski definition) is 2. The predicted molar refractivity (Wildman–Crippen MR) is 77.8 cm³/mol. The molecule has 1 heterocycles. The van der Waals surface area contributed by atoms with E-state index in [1.807, 2.05) is 6.20 Å². The van der Waals surface area contributed by atoms with E-state index < -0.39 is 0 Å². The van der Waals surface area contributed by atoms with Crippen LogP contribution in [0.25, 0.3) is 0 Å². The third-order valence-corrected chi connectivity index (χ3v) is 3.75. The molecular weight excluding hydrogens is 222 g/mol. The summed E-state index contributed by atoms with van der Waals surface area (Å²) in [6.45, 7) is 11.1. The fraction of sp³-hybridized carbons (Fsp3) is 0.800. The molecule has 0 spiro atoms. The quantitative estimate of drug-likeness (QED) is 0.730. The highest BCUT2D eigenvalue weighted by Crippen LogP contribution is 2.17. The molecule has 0 saturated carbocycles. The maximum atomic E-state index is 4.53. The molecule has 1 aromatic rings. The standard InChI is InChI=1S/C15H29N3/c1-5-10-18-11-9-17-15(18)12-14(16-8-4)13(6-2)7-3/h9,11,13-14,16H,5-8,10,12H2,1-4H3. The van der Waals surface area contributed by atoms with E-state index in [1.54, 1.807) is 0 Å². The van der Waals surface area contributed by atoms with Gasteiger partial charge in [-0.05, 0) is 18.9 Å². The molecule has 1 N–H and O–H groups in total. The Morgan fingerprint density at radius 2 is 1.94 bits per heavy atom. The lowest BCUT2D eigenvalue weighted by Crippen LogP contribution is -2.38. The summed E-state index contributed by atoms with van der Waals surface area (Å²) in [5, 5.41) is 3.64. The molecule has 0 aromatic carbocycles. The molecule has 18 heavy (non-hydrogen) atoms. The lowest BCUT2D eigenvalue weighted by atomic mass is 9.91. The summed E-state index contributed by atoms with van der Waals surface area (Å²) < 4.78 is 2.30. The van der Waals surface area contributed by atoms with E-state index in [1.165, 1.54) is 25.1 Å². The molecule has 1 unspecified atom stereocenters. The fourth-order valence-electron chi connectivity index (χ4n) is 2.70. The first-order valence-corrected chi connectivity index (χ1v) is 7.50. The summed E-state index contributed by atoms with van der Waals surface area (Å²) in [5.74, 6) is 1.98. The zero-order valence-corrected chi connectivity index (χ0v) is 12.4. The van der Waals surface area contributed by atoms with Crippen LogP contribution in [-0.4, -0.2) is 22.1 Å². The van der Waals surface area contributed by atoms with Gasteiger partial charge in [-0.3, -0.25) is 0 Å². The van der Waals surface area contributed by atoms with Crippen molar-refractivity contribution in [3.05, 3.63) is 18.2 Å². The molecule has 0 aliphatic carbocycles. The summed E-state index contributed by atoms with van der Waals surface area (Å²) >= 11 is 0. The van der Waals surface area contributed by atoms with Gasteiger partial charge in [0, 0.05) is 31.4 Å². The van der Waals surface area contributed by atoms with E-state index in [2.05, 4.69) is 48.8 Å². The summed E-state index contributed by atoms with van der Waals surface area (Å²) in [6.07, 6.45) is 8.73. The first-order valence-electron chi connectivity index (χ1n) is 7.50. The van der Waals surface area contributed by atoms with Crippen molar-refractivity contribution in [2.24, 2.45) is 5.92 Å². The van der Waals surface area contributed by atoms with Crippen molar-refractivity contribution in [2.75, 3.05) is 6.54 Å². The smallest absolute Gasteiger partial charge is 0.110 e. The highest BCUT2D eigenvalue weighted by atomic mass is 15.1. The van der Waals surface area contributed by atoms with Gasteiger partial charge in [0.05, 0.1) is 0 Å². The van der Waals surface area contributed by atoms with Crippen LogP contribution in [0.15, 0.2) is 12.4 Å². The molecular formula is C15H29N3. The van der Waals surface area contributed by atoms with Crippen molar-refractivity contribution in [1.82, 2.24) is 14.9 Å². The fourth-order valence-corrected chi connectivity index (χ4v) is 2.70. The highest BCUT2D eigenvalue weighted by Gasteiger charge is 2.19. The Morgan fingerprint density at radius 3 is 2.50 bits per heavy atom. The normalized spacial score (nSPS) is 13.2.